The molecule has 1 fully saturated rings. The van der Waals surface area contributed by atoms with Crippen molar-refractivity contribution in [2.75, 3.05) is 19.6 Å². The van der Waals surface area contributed by atoms with Crippen LogP contribution in [0, 0.1) is 0 Å². The maximum atomic E-state index is 11.1. The average molecular weight is 360 g/mol. The van der Waals surface area contributed by atoms with E-state index in [9.17, 15) is 22.8 Å². The number of aliphatic carboxylic acids is 2. The Bertz CT molecular complexity index is 425. The Labute approximate surface area is 136 Å². The van der Waals surface area contributed by atoms with Crippen LogP contribution >= 0.6 is 12.6 Å². The van der Waals surface area contributed by atoms with E-state index in [4.69, 9.17) is 15.0 Å². The molecule has 1 aliphatic heterocycles. The van der Waals surface area contributed by atoms with Crippen LogP contribution in [0.25, 0.3) is 0 Å². The Kier molecular flexibility index (Phi) is 8.38. The summed E-state index contributed by atoms with van der Waals surface area (Å²) in [4.78, 5) is 32.6. The second kappa shape index (κ2) is 8.96. The van der Waals surface area contributed by atoms with Crippen molar-refractivity contribution >= 4 is 31.0 Å². The predicted molar refractivity (Wildman–Crippen MR) is 77.4 cm³/mol. The fourth-order valence-electron chi connectivity index (χ4n) is 2.07. The highest BCUT2D eigenvalue weighted by atomic mass is 32.1. The summed E-state index contributed by atoms with van der Waals surface area (Å²) in [5.41, 5.74) is 0. The smallest absolute Gasteiger partial charge is 0.480 e. The molecule has 1 atom stereocenters. The van der Waals surface area contributed by atoms with Crippen LogP contribution in [0.15, 0.2) is 0 Å². The molecule has 0 aromatic rings. The van der Waals surface area contributed by atoms with Gasteiger partial charge in [0.2, 0.25) is 6.41 Å². The van der Waals surface area contributed by atoms with Crippen LogP contribution in [-0.4, -0.2) is 70.1 Å². The number of nitrogens with zero attached hydrogens (tertiary/aromatic N) is 1. The molecule has 23 heavy (non-hydrogen) atoms. The van der Waals surface area contributed by atoms with Gasteiger partial charge in [-0.1, -0.05) is 6.92 Å². The minimum atomic E-state index is -5.08. The highest BCUT2D eigenvalue weighted by Crippen LogP contribution is 2.32. The molecule has 0 aromatic carbocycles. The van der Waals surface area contributed by atoms with Crippen molar-refractivity contribution in [3.63, 3.8) is 0 Å². The second-order valence-electron chi connectivity index (χ2n) is 4.90. The van der Waals surface area contributed by atoms with Gasteiger partial charge in [-0.3, -0.25) is 4.79 Å². The van der Waals surface area contributed by atoms with E-state index in [2.05, 4.69) is 29.8 Å². The SMILES string of the molecule is CCN1CCC(S)(C(NC=O)C(=O)O)CC1.O=C(O)C(F)(F)F. The summed E-state index contributed by atoms with van der Waals surface area (Å²) >= 11 is 4.47. The van der Waals surface area contributed by atoms with Crippen LogP contribution in [0.5, 0.6) is 0 Å². The first-order chi connectivity index (χ1) is 10.5. The zero-order chi connectivity index (χ0) is 18.3. The van der Waals surface area contributed by atoms with Gasteiger partial charge in [0.05, 0.1) is 0 Å². The molecule has 3 N–H and O–H groups in total. The van der Waals surface area contributed by atoms with Crippen molar-refractivity contribution in [1.29, 1.82) is 0 Å². The lowest BCUT2D eigenvalue weighted by Gasteiger charge is -2.41. The van der Waals surface area contributed by atoms with Gasteiger partial charge in [0.1, 0.15) is 6.04 Å². The molecule has 1 aliphatic rings. The number of piperidine rings is 1. The fraction of sp³-hybridized carbons (Fsp3) is 0.750. The van der Waals surface area contributed by atoms with Gasteiger partial charge in [0, 0.05) is 4.75 Å². The Hall–Kier alpha value is -1.49. The third-order valence-corrected chi connectivity index (χ3v) is 4.14. The van der Waals surface area contributed by atoms with Crippen molar-refractivity contribution in [3.8, 4) is 0 Å². The lowest BCUT2D eigenvalue weighted by atomic mass is 9.88. The summed E-state index contributed by atoms with van der Waals surface area (Å²) in [7, 11) is 0. The van der Waals surface area contributed by atoms with Gasteiger partial charge in [-0.2, -0.15) is 25.8 Å². The quantitative estimate of drug-likeness (QED) is 0.423. The average Bonchev–Trinajstić information content (AvgIpc) is 2.44. The zero-order valence-electron chi connectivity index (χ0n) is 12.3. The van der Waals surface area contributed by atoms with Crippen molar-refractivity contribution in [2.24, 2.45) is 0 Å². The molecule has 1 unspecified atom stereocenters. The molecular formula is C12H19F3N2O5S. The Balaban J connectivity index is 0.000000585. The number of carbonyl (C=O) groups is 3. The molecule has 0 aliphatic carbocycles. The van der Waals surface area contributed by atoms with Crippen molar-refractivity contribution in [3.05, 3.63) is 0 Å². The van der Waals surface area contributed by atoms with Gasteiger partial charge in [0.15, 0.2) is 0 Å². The molecule has 11 heteroatoms. The van der Waals surface area contributed by atoms with Crippen LogP contribution in [-0.2, 0) is 14.4 Å². The first-order valence-electron chi connectivity index (χ1n) is 6.65. The number of carboxylic acids is 2. The highest BCUT2D eigenvalue weighted by molar-refractivity contribution is 7.82. The van der Waals surface area contributed by atoms with Crippen LogP contribution in [0.3, 0.4) is 0 Å². The number of likely N-dealkylation sites (tertiary alicyclic amines) is 1. The predicted octanol–water partition coefficient (Wildman–Crippen LogP) is 0.603. The topological polar surface area (TPSA) is 107 Å². The first kappa shape index (κ1) is 21.5. The molecule has 1 rings (SSSR count). The molecule has 0 radical (unpaired) electrons. The number of alkyl halides is 3. The summed E-state index contributed by atoms with van der Waals surface area (Å²) in [5.74, 6) is -3.78. The number of hydrogen-bond donors (Lipinski definition) is 4. The molecule has 1 amide bonds. The second-order valence-corrected chi connectivity index (χ2v) is 5.79. The Morgan fingerprint density at radius 3 is 2.04 bits per heavy atom. The van der Waals surface area contributed by atoms with E-state index >= 15 is 0 Å². The number of thiol groups is 1. The van der Waals surface area contributed by atoms with Crippen LogP contribution < -0.4 is 5.32 Å². The summed E-state index contributed by atoms with van der Waals surface area (Å²) < 4.78 is 31.1. The van der Waals surface area contributed by atoms with Crippen molar-refractivity contribution in [2.45, 2.75) is 36.7 Å². The van der Waals surface area contributed by atoms with Crippen LogP contribution in [0.2, 0.25) is 0 Å². The molecule has 134 valence electrons. The van der Waals surface area contributed by atoms with Crippen LogP contribution in [0.1, 0.15) is 19.8 Å². The molecule has 0 saturated carbocycles. The van der Waals surface area contributed by atoms with Gasteiger partial charge >= 0.3 is 18.1 Å². The van der Waals surface area contributed by atoms with E-state index in [-0.39, 0.29) is 0 Å². The lowest BCUT2D eigenvalue weighted by Crippen LogP contribution is -2.56. The third-order valence-electron chi connectivity index (χ3n) is 3.43. The number of halogens is 3. The molecular weight excluding hydrogens is 341 g/mol. The number of amides is 1. The van der Waals surface area contributed by atoms with Crippen molar-refractivity contribution in [1.82, 2.24) is 10.2 Å². The van der Waals surface area contributed by atoms with Gasteiger partial charge in [0.25, 0.3) is 0 Å². The minimum Gasteiger partial charge on any atom is -0.480 e. The van der Waals surface area contributed by atoms with Crippen LogP contribution in [0.4, 0.5) is 13.2 Å². The summed E-state index contributed by atoms with van der Waals surface area (Å²) in [6, 6.07) is -0.910. The minimum absolute atomic E-state index is 0.433. The summed E-state index contributed by atoms with van der Waals surface area (Å²) in [5, 5.41) is 18.5. The standard InChI is InChI=1S/C10H18N2O3S.C2HF3O2/c1-2-12-5-3-10(16,4-6-12)8(9(14)15)11-7-13;3-2(4,5)1(6)7/h7-8,16H,2-6H2,1H3,(H,11,13)(H,14,15);(H,6,7). The monoisotopic (exact) mass is 360 g/mol. The first-order valence-corrected chi connectivity index (χ1v) is 7.10. The number of nitrogens with one attached hydrogen (secondary N) is 1. The van der Waals surface area contributed by atoms with E-state index < -0.39 is 28.9 Å². The number of carbonyl (C=O) groups excluding carboxylic acids is 1. The summed E-state index contributed by atoms with van der Waals surface area (Å²) in [6.07, 6.45) is -3.31. The van der Waals surface area contributed by atoms with E-state index in [0.29, 0.717) is 19.3 Å². The Morgan fingerprint density at radius 1 is 1.35 bits per heavy atom. The molecule has 1 saturated heterocycles. The molecule has 7 nitrogen and oxygen atoms in total. The van der Waals surface area contributed by atoms with Gasteiger partial charge in [-0.15, -0.1) is 0 Å². The maximum absolute atomic E-state index is 11.1. The number of hydrogen-bond acceptors (Lipinski definition) is 5. The lowest BCUT2D eigenvalue weighted by molar-refractivity contribution is -0.192. The normalized spacial score (nSPS) is 19.0. The highest BCUT2D eigenvalue weighted by Gasteiger charge is 2.42. The molecule has 1 heterocycles. The summed E-state index contributed by atoms with van der Waals surface area (Å²) in [6.45, 7) is 4.68. The molecule has 0 aromatic heterocycles. The Morgan fingerprint density at radius 2 is 1.78 bits per heavy atom. The third kappa shape index (κ3) is 7.08. The van der Waals surface area contributed by atoms with E-state index in [0.717, 1.165) is 19.6 Å². The number of rotatable bonds is 5. The van der Waals surface area contributed by atoms with Crippen molar-refractivity contribution < 1.29 is 37.8 Å². The maximum Gasteiger partial charge on any atom is 0.490 e. The van der Waals surface area contributed by atoms with Gasteiger partial charge in [-0.05, 0) is 32.5 Å². The zero-order valence-corrected chi connectivity index (χ0v) is 13.2. The fourth-order valence-corrected chi connectivity index (χ4v) is 2.45. The molecule has 0 spiro atoms. The van der Waals surface area contributed by atoms with Gasteiger partial charge < -0.3 is 20.4 Å². The molecule has 0 bridgehead atoms. The van der Waals surface area contributed by atoms with E-state index in [1.165, 1.54) is 0 Å². The van der Waals surface area contributed by atoms with Gasteiger partial charge in [-0.25, -0.2) is 9.59 Å². The number of carboxylic acid groups (broad SMARTS) is 2. The largest absolute Gasteiger partial charge is 0.490 e. The van der Waals surface area contributed by atoms with E-state index in [1.54, 1.807) is 0 Å². The van der Waals surface area contributed by atoms with E-state index in [1.807, 2.05) is 0 Å².